The van der Waals surface area contributed by atoms with Gasteiger partial charge in [-0.25, -0.2) is 15.0 Å². The SMILES string of the molecule is [2H]C(O)[C@H]1O[C@@H](n2cnc3c(N)ncnc32)C[C@@H]1O. The van der Waals surface area contributed by atoms with Crippen LogP contribution in [-0.2, 0) is 4.74 Å². The Balaban J connectivity index is 1.96. The van der Waals surface area contributed by atoms with Gasteiger partial charge >= 0.3 is 0 Å². The van der Waals surface area contributed by atoms with Crippen LogP contribution in [0.2, 0.25) is 0 Å². The first-order chi connectivity index (χ1) is 9.08. The van der Waals surface area contributed by atoms with Crippen LogP contribution in [0.25, 0.3) is 11.2 Å². The molecule has 1 aliphatic rings. The zero-order chi connectivity index (χ0) is 13.6. The first kappa shape index (κ1) is 10.2. The molecule has 0 radical (unpaired) electrons. The summed E-state index contributed by atoms with van der Waals surface area (Å²) in [5, 5.41) is 19.0. The van der Waals surface area contributed by atoms with E-state index in [2.05, 4.69) is 15.0 Å². The number of aliphatic hydroxyl groups is 2. The summed E-state index contributed by atoms with van der Waals surface area (Å²) in [7, 11) is 0. The molecule has 0 saturated carbocycles. The highest BCUT2D eigenvalue weighted by molar-refractivity contribution is 5.81. The van der Waals surface area contributed by atoms with Crippen LogP contribution < -0.4 is 5.73 Å². The third-order valence-corrected chi connectivity index (χ3v) is 2.98. The van der Waals surface area contributed by atoms with Gasteiger partial charge in [0.25, 0.3) is 0 Å². The smallest absolute Gasteiger partial charge is 0.167 e. The molecule has 3 rings (SSSR count). The van der Waals surface area contributed by atoms with E-state index in [1.807, 2.05) is 0 Å². The Morgan fingerprint density at radius 2 is 2.39 bits per heavy atom. The van der Waals surface area contributed by atoms with Crippen molar-refractivity contribution in [3.05, 3.63) is 12.7 Å². The normalized spacial score (nSPS) is 30.6. The molecule has 18 heavy (non-hydrogen) atoms. The van der Waals surface area contributed by atoms with E-state index in [9.17, 15) is 10.2 Å². The highest BCUT2D eigenvalue weighted by Crippen LogP contribution is 2.30. The van der Waals surface area contributed by atoms with Crippen molar-refractivity contribution < 1.29 is 16.3 Å². The molecule has 0 amide bonds. The minimum atomic E-state index is -1.49. The molecule has 1 fully saturated rings. The Morgan fingerprint density at radius 1 is 1.56 bits per heavy atom. The van der Waals surface area contributed by atoms with Gasteiger partial charge in [0.1, 0.15) is 24.2 Å². The van der Waals surface area contributed by atoms with Gasteiger partial charge in [0.05, 0.1) is 20.4 Å². The van der Waals surface area contributed by atoms with Gasteiger partial charge in [-0.15, -0.1) is 0 Å². The molecule has 1 aliphatic heterocycles. The van der Waals surface area contributed by atoms with Crippen LogP contribution in [0.1, 0.15) is 14.0 Å². The summed E-state index contributed by atoms with van der Waals surface area (Å²) in [4.78, 5) is 12.0. The predicted molar refractivity (Wildman–Crippen MR) is 61.4 cm³/mol. The lowest BCUT2D eigenvalue weighted by molar-refractivity contribution is -0.0432. The molecule has 0 aromatic carbocycles. The second-order valence-electron chi connectivity index (χ2n) is 4.09. The molecule has 96 valence electrons. The highest BCUT2D eigenvalue weighted by Gasteiger charge is 2.35. The Labute approximate surface area is 103 Å². The summed E-state index contributed by atoms with van der Waals surface area (Å²) in [5.41, 5.74) is 6.63. The molecule has 3 heterocycles. The fraction of sp³-hybridized carbons (Fsp3) is 0.500. The van der Waals surface area contributed by atoms with Crippen molar-refractivity contribution in [1.82, 2.24) is 19.5 Å². The number of nitrogens with zero attached hydrogens (tertiary/aromatic N) is 4. The van der Waals surface area contributed by atoms with Crippen molar-refractivity contribution in [2.75, 3.05) is 12.3 Å². The summed E-state index contributed by atoms with van der Waals surface area (Å²) < 4.78 is 14.3. The van der Waals surface area contributed by atoms with E-state index in [1.165, 1.54) is 12.7 Å². The van der Waals surface area contributed by atoms with E-state index >= 15 is 0 Å². The lowest BCUT2D eigenvalue weighted by Crippen LogP contribution is -2.24. The van der Waals surface area contributed by atoms with Crippen LogP contribution in [0.5, 0.6) is 0 Å². The number of hydrogen-bond acceptors (Lipinski definition) is 7. The van der Waals surface area contributed by atoms with Gasteiger partial charge in [-0.1, -0.05) is 0 Å². The Bertz CT molecular complexity index is 604. The topological polar surface area (TPSA) is 119 Å². The van der Waals surface area contributed by atoms with Crippen molar-refractivity contribution >= 4 is 17.0 Å². The minimum Gasteiger partial charge on any atom is -0.394 e. The third kappa shape index (κ3) is 1.62. The number of ether oxygens (including phenoxy) is 1. The fourth-order valence-electron chi connectivity index (χ4n) is 2.06. The average Bonchev–Trinajstić information content (AvgIpc) is 2.93. The summed E-state index contributed by atoms with van der Waals surface area (Å²) >= 11 is 0. The van der Waals surface area contributed by atoms with Gasteiger partial charge in [0.15, 0.2) is 11.5 Å². The molecular formula is C10H13N5O3. The van der Waals surface area contributed by atoms with Crippen molar-refractivity contribution in [1.29, 1.82) is 0 Å². The van der Waals surface area contributed by atoms with E-state index in [4.69, 9.17) is 11.8 Å². The molecule has 4 N–H and O–H groups in total. The van der Waals surface area contributed by atoms with Crippen LogP contribution in [0.15, 0.2) is 12.7 Å². The van der Waals surface area contributed by atoms with Crippen LogP contribution in [0.3, 0.4) is 0 Å². The summed E-state index contributed by atoms with van der Waals surface area (Å²) in [6, 6.07) is 0. The van der Waals surface area contributed by atoms with Crippen molar-refractivity contribution in [2.24, 2.45) is 0 Å². The van der Waals surface area contributed by atoms with Crippen LogP contribution >= 0.6 is 0 Å². The quantitative estimate of drug-likeness (QED) is 0.630. The van der Waals surface area contributed by atoms with Gasteiger partial charge < -0.3 is 20.7 Å². The van der Waals surface area contributed by atoms with Gasteiger partial charge in [0, 0.05) is 6.42 Å². The number of hydrogen-bond donors (Lipinski definition) is 3. The molecule has 8 heteroatoms. The summed E-state index contributed by atoms with van der Waals surface area (Å²) in [6.07, 6.45) is 0.662. The lowest BCUT2D eigenvalue weighted by atomic mass is 10.2. The van der Waals surface area contributed by atoms with E-state index in [-0.39, 0.29) is 12.2 Å². The average molecular weight is 252 g/mol. The Hall–Kier alpha value is -1.77. The van der Waals surface area contributed by atoms with Crippen molar-refractivity contribution in [3.8, 4) is 0 Å². The standard InChI is InChI=1S/C10H13N5O3/c11-9-8-10(13-3-12-9)15(4-14-8)7-1-5(17)6(2-16)18-7/h3-7,16-17H,1-2H2,(H2,11,12,13)/t5-,6+,7+/m0/s1/i2D/t2?,5-,6+,7+. The molecule has 8 nitrogen and oxygen atoms in total. The zero-order valence-corrected chi connectivity index (χ0v) is 9.34. The van der Waals surface area contributed by atoms with E-state index in [1.54, 1.807) is 4.57 Å². The fourth-order valence-corrected chi connectivity index (χ4v) is 2.06. The Morgan fingerprint density at radius 3 is 3.11 bits per heavy atom. The van der Waals surface area contributed by atoms with Crippen LogP contribution in [0, 0.1) is 0 Å². The number of aromatic nitrogens is 4. The minimum absolute atomic E-state index is 0.246. The zero-order valence-electron chi connectivity index (χ0n) is 10.3. The maximum atomic E-state index is 9.76. The molecule has 0 aliphatic carbocycles. The van der Waals surface area contributed by atoms with Crippen molar-refractivity contribution in [2.45, 2.75) is 24.9 Å². The van der Waals surface area contributed by atoms with Gasteiger partial charge in [-0.05, 0) is 0 Å². The number of anilines is 1. The van der Waals surface area contributed by atoms with Crippen LogP contribution in [-0.4, -0.2) is 48.5 Å². The number of nitrogens with two attached hydrogens (primary N) is 1. The first-order valence-electron chi connectivity index (χ1n) is 6.02. The number of fused-ring (bicyclic) bond motifs is 1. The molecular weight excluding hydrogens is 238 g/mol. The Kier molecular flexibility index (Phi) is 2.35. The highest BCUT2D eigenvalue weighted by atomic mass is 16.5. The number of rotatable bonds is 2. The number of imidazole rings is 1. The second-order valence-corrected chi connectivity index (χ2v) is 4.09. The monoisotopic (exact) mass is 252 g/mol. The molecule has 1 saturated heterocycles. The molecule has 0 bridgehead atoms. The first-order valence-corrected chi connectivity index (χ1v) is 5.45. The van der Waals surface area contributed by atoms with Crippen LogP contribution in [0.4, 0.5) is 5.82 Å². The van der Waals surface area contributed by atoms with Gasteiger partial charge in [0.2, 0.25) is 0 Å². The lowest BCUT2D eigenvalue weighted by Gasteiger charge is -2.13. The second kappa shape index (κ2) is 4.16. The van der Waals surface area contributed by atoms with E-state index < -0.39 is 25.0 Å². The maximum absolute atomic E-state index is 9.76. The molecule has 4 atom stereocenters. The molecule has 1 unspecified atom stereocenters. The number of nitrogen functional groups attached to an aromatic ring is 1. The van der Waals surface area contributed by atoms with Gasteiger partial charge in [-0.3, -0.25) is 4.57 Å². The van der Waals surface area contributed by atoms with E-state index in [0.717, 1.165) is 0 Å². The molecule has 2 aromatic rings. The van der Waals surface area contributed by atoms with Crippen molar-refractivity contribution in [3.63, 3.8) is 0 Å². The largest absolute Gasteiger partial charge is 0.394 e. The predicted octanol–water partition coefficient (Wildman–Crippen LogP) is -0.951. The van der Waals surface area contributed by atoms with Gasteiger partial charge in [-0.2, -0.15) is 0 Å². The summed E-state index contributed by atoms with van der Waals surface area (Å²) in [5.74, 6) is 0.263. The third-order valence-electron chi connectivity index (χ3n) is 2.98. The molecule has 0 spiro atoms. The maximum Gasteiger partial charge on any atom is 0.167 e. The number of aliphatic hydroxyl groups excluding tert-OH is 2. The summed E-state index contributed by atoms with van der Waals surface area (Å²) in [6.45, 7) is -1.49. The van der Waals surface area contributed by atoms with E-state index in [0.29, 0.717) is 11.2 Å². The molecule has 2 aromatic heterocycles.